The van der Waals surface area contributed by atoms with Gasteiger partial charge in [-0.1, -0.05) is 0 Å². The maximum Gasteiger partial charge on any atom is 0.168 e. The van der Waals surface area contributed by atoms with Gasteiger partial charge in [0, 0.05) is 72.3 Å². The van der Waals surface area contributed by atoms with Crippen molar-refractivity contribution < 1.29 is 96.4 Å². The van der Waals surface area contributed by atoms with Gasteiger partial charge in [0.15, 0.2) is 19.9 Å². The minimum Gasteiger partial charge on any atom is -0.387 e. The Kier molecular flexibility index (Phi) is 13.6. The number of ether oxygens (including phenoxy) is 1. The van der Waals surface area contributed by atoms with E-state index in [4.69, 9.17) is 9.26 Å². The number of hydrogen-bond acceptors (Lipinski definition) is 8. The number of imidazole rings is 1. The Hall–Kier alpha value is 0.997. The fraction of sp³-hybridized carbons (Fsp3) is 0.611. The monoisotopic (exact) mass is 734 g/mol. The molecule has 170 valence electrons. The number of hydrogen-bond donors (Lipinski definition) is 2. The molecule has 1 aliphatic heterocycles. The first-order valence-electron chi connectivity index (χ1n) is 9.14. The molecule has 9 nitrogen and oxygen atoms in total. The van der Waals surface area contributed by atoms with Crippen LogP contribution in [0.15, 0.2) is 12.7 Å². The summed E-state index contributed by atoms with van der Waals surface area (Å²) in [6.07, 6.45) is 0.242. The summed E-state index contributed by atoms with van der Waals surface area (Å²) in [5.74, 6) is 1.07. The molecule has 6 atom stereocenters. The quantitative estimate of drug-likeness (QED) is 0.326. The molecule has 0 aliphatic carbocycles. The van der Waals surface area contributed by atoms with E-state index in [1.165, 1.54) is 19.6 Å². The molecule has 13 heteroatoms. The average Bonchev–Trinajstić information content (AvgIpc) is 3.14. The van der Waals surface area contributed by atoms with Crippen LogP contribution in [-0.2, 0) is 86.2 Å². The van der Waals surface area contributed by atoms with Gasteiger partial charge >= 0.3 is 0 Å². The molecule has 3 heterocycles. The maximum atomic E-state index is 12.2. The molecule has 2 N–H and O–H groups in total. The van der Waals surface area contributed by atoms with Gasteiger partial charge in [0.25, 0.3) is 0 Å². The Balaban J connectivity index is 0.00000300. The van der Waals surface area contributed by atoms with E-state index < -0.39 is 32.1 Å². The van der Waals surface area contributed by atoms with Crippen LogP contribution in [0.25, 0.3) is 11.2 Å². The Bertz CT molecular complexity index is 875. The summed E-state index contributed by atoms with van der Waals surface area (Å²) in [5.41, 5.74) is 0.177. The number of fused-ring (bicyclic) bond motifs is 1. The number of aliphatic hydroxyl groups excluding tert-OH is 1. The molecule has 3 rings (SSSR count). The summed E-state index contributed by atoms with van der Waals surface area (Å²) in [4.78, 5) is 12.6. The molecule has 0 spiro atoms. The van der Waals surface area contributed by atoms with Gasteiger partial charge in [-0.3, -0.25) is 9.13 Å². The number of rotatable bonds is 7. The van der Waals surface area contributed by atoms with Crippen LogP contribution >= 0.6 is 8.03 Å². The van der Waals surface area contributed by atoms with Gasteiger partial charge in [0.1, 0.15) is 29.7 Å². The smallest absolute Gasteiger partial charge is 0.168 e. The normalized spacial score (nSPS) is 27.3. The van der Waals surface area contributed by atoms with Crippen molar-refractivity contribution in [2.45, 2.75) is 51.7 Å². The zero-order valence-corrected chi connectivity index (χ0v) is 26.1. The van der Waals surface area contributed by atoms with Gasteiger partial charge in [-0.15, -0.1) is 13.1 Å². The van der Waals surface area contributed by atoms with Crippen LogP contribution in [-0.4, -0.2) is 60.3 Å². The molecule has 2 aromatic rings. The second-order valence-electron chi connectivity index (χ2n) is 7.59. The van der Waals surface area contributed by atoms with Gasteiger partial charge in [-0.25, -0.2) is 15.0 Å². The van der Waals surface area contributed by atoms with E-state index >= 15 is 0 Å². The van der Waals surface area contributed by atoms with E-state index in [9.17, 15) is 14.8 Å². The van der Waals surface area contributed by atoms with Crippen molar-refractivity contribution in [1.29, 1.82) is 0 Å². The van der Waals surface area contributed by atoms with Crippen molar-refractivity contribution in [3.63, 3.8) is 0 Å². The molecule has 0 amide bonds. The molecular formula is C18H27N4O5PVWY-2. The van der Waals surface area contributed by atoms with Crippen LogP contribution in [0.4, 0.5) is 0 Å². The fourth-order valence-corrected chi connectivity index (χ4v) is 4.40. The first-order valence-corrected chi connectivity index (χ1v) is 10.7. The Morgan fingerprint density at radius 2 is 2.10 bits per heavy atom. The van der Waals surface area contributed by atoms with Crippen molar-refractivity contribution in [3.8, 4) is 0 Å². The first kappa shape index (κ1) is 32.0. The van der Waals surface area contributed by atoms with Crippen LogP contribution < -0.4 is 0 Å². The van der Waals surface area contributed by atoms with Gasteiger partial charge in [0.2, 0.25) is 0 Å². The third kappa shape index (κ3) is 7.00. The second-order valence-corrected chi connectivity index (χ2v) is 8.97. The topological polar surface area (TPSA) is 120 Å². The van der Waals surface area contributed by atoms with Crippen molar-refractivity contribution in [3.05, 3.63) is 31.2 Å². The summed E-state index contributed by atoms with van der Waals surface area (Å²) in [7, 11) is -2.33. The average molecular weight is 734 g/mol. The third-order valence-electron chi connectivity index (χ3n) is 5.22. The standard InChI is InChI=1S/C18H27N4O5P.V.W.Y/c1-10(2)11(3)7-28(25)26-6-13-15(23)18(5,24)17(27-13)22-9-21-14-12(4)19-8-20-16(14)22;;;/h8-10,13,15,17,23-24,28H,1,6-7H2,2-5H3;;;/q-2;;;/t10?,13-,15-,17-,18-;;;/m1.../s1. The van der Waals surface area contributed by atoms with E-state index in [1.807, 2.05) is 20.8 Å². The second kappa shape index (κ2) is 13.2. The van der Waals surface area contributed by atoms with Crippen LogP contribution in [0.2, 0.25) is 0 Å². The molecule has 0 aromatic carbocycles. The van der Waals surface area contributed by atoms with E-state index in [1.54, 1.807) is 4.57 Å². The van der Waals surface area contributed by atoms with Crippen molar-refractivity contribution >= 4 is 19.2 Å². The minimum absolute atomic E-state index is 0. The van der Waals surface area contributed by atoms with Crippen LogP contribution in [0, 0.1) is 25.7 Å². The molecule has 2 aromatic heterocycles. The number of nitrogens with zero attached hydrogens (tertiary/aromatic N) is 4. The molecular weight excluding hydrogens is 707 g/mol. The number of aromatic nitrogens is 4. The maximum absolute atomic E-state index is 12.2. The zero-order valence-electron chi connectivity index (χ0n) is 17.9. The molecule has 1 aliphatic rings. The van der Waals surface area contributed by atoms with Crippen LogP contribution in [0.5, 0.6) is 0 Å². The fourth-order valence-electron chi connectivity index (χ4n) is 3.15. The minimum atomic E-state index is -2.33. The molecule has 0 saturated carbocycles. The summed E-state index contributed by atoms with van der Waals surface area (Å²) in [6.45, 7) is 10.9. The summed E-state index contributed by atoms with van der Waals surface area (Å²) in [5, 5.41) is 21.4. The molecule has 0 bridgehead atoms. The van der Waals surface area contributed by atoms with E-state index in [-0.39, 0.29) is 84.9 Å². The van der Waals surface area contributed by atoms with Gasteiger partial charge in [-0.05, 0) is 13.8 Å². The SMILES string of the molecule is [CH2-]C(C)[C-](C)C[PH](=O)OC[C@H]1O[C@@H](n2cnc3c(C)ncnc32)[C@](C)(O)[C@@H]1O.[V].[W].[Y]. The summed E-state index contributed by atoms with van der Waals surface area (Å²) in [6, 6.07) is 0. The number of aliphatic hydroxyl groups is 2. The van der Waals surface area contributed by atoms with Gasteiger partial charge in [-0.2, -0.15) is 6.92 Å². The molecule has 1 saturated heterocycles. The number of aryl methyl sites for hydroxylation is 1. The van der Waals surface area contributed by atoms with Gasteiger partial charge in [0.05, 0.1) is 18.6 Å². The van der Waals surface area contributed by atoms with Crippen molar-refractivity contribution in [2.24, 2.45) is 5.92 Å². The Morgan fingerprint density at radius 1 is 1.45 bits per heavy atom. The van der Waals surface area contributed by atoms with Crippen LogP contribution in [0.3, 0.4) is 0 Å². The van der Waals surface area contributed by atoms with Crippen molar-refractivity contribution in [2.75, 3.05) is 12.8 Å². The Morgan fingerprint density at radius 3 is 2.71 bits per heavy atom. The first-order chi connectivity index (χ1) is 13.1. The molecule has 2 unspecified atom stereocenters. The van der Waals surface area contributed by atoms with E-state index in [2.05, 4.69) is 21.9 Å². The van der Waals surface area contributed by atoms with Crippen molar-refractivity contribution in [1.82, 2.24) is 19.5 Å². The van der Waals surface area contributed by atoms with E-state index in [0.29, 0.717) is 23.0 Å². The summed E-state index contributed by atoms with van der Waals surface area (Å²) < 4.78 is 25.1. The third-order valence-corrected chi connectivity index (χ3v) is 6.56. The Labute approximate surface area is 234 Å². The molecule has 31 heavy (non-hydrogen) atoms. The molecule has 1 fully saturated rings. The van der Waals surface area contributed by atoms with Gasteiger partial charge < -0.3 is 38.2 Å². The predicted molar refractivity (Wildman–Crippen MR) is 104 cm³/mol. The van der Waals surface area contributed by atoms with E-state index in [0.717, 1.165) is 5.92 Å². The zero-order chi connectivity index (χ0) is 20.6. The summed E-state index contributed by atoms with van der Waals surface area (Å²) >= 11 is 0. The van der Waals surface area contributed by atoms with Crippen LogP contribution in [0.1, 0.15) is 32.7 Å². The largest absolute Gasteiger partial charge is 0.387 e. The predicted octanol–water partition coefficient (Wildman–Crippen LogP) is 1.69. The molecule has 2 radical (unpaired) electrons.